The Morgan fingerprint density at radius 3 is 1.49 bits per heavy atom. The van der Waals surface area contributed by atoms with Gasteiger partial charge in [-0.3, -0.25) is 4.79 Å². The minimum atomic E-state index is -5.18. The summed E-state index contributed by atoms with van der Waals surface area (Å²) in [5, 5.41) is 11.3. The zero-order valence-corrected chi connectivity index (χ0v) is 29.5. The molecule has 9 nitrogen and oxygen atoms in total. The van der Waals surface area contributed by atoms with Crippen molar-refractivity contribution in [2.45, 2.75) is 24.1 Å². The van der Waals surface area contributed by atoms with Crippen molar-refractivity contribution in [2.75, 3.05) is 13.7 Å². The number of esters is 2. The van der Waals surface area contributed by atoms with Crippen LogP contribution in [0.5, 0.6) is 11.5 Å². The summed E-state index contributed by atoms with van der Waals surface area (Å²) in [5.74, 6) is -2.34. The van der Waals surface area contributed by atoms with Crippen LogP contribution in [0.1, 0.15) is 18.1 Å². The first-order valence-corrected chi connectivity index (χ1v) is 17.0. The van der Waals surface area contributed by atoms with E-state index in [1.807, 2.05) is 18.2 Å². The van der Waals surface area contributed by atoms with Crippen LogP contribution in [-0.2, 0) is 25.3 Å². The molecule has 3 heterocycles. The molecule has 0 saturated heterocycles. The van der Waals surface area contributed by atoms with Gasteiger partial charge >= 0.3 is 18.1 Å². The summed E-state index contributed by atoms with van der Waals surface area (Å²) in [7, 11) is 1.44. The Labute approximate surface area is 313 Å². The van der Waals surface area contributed by atoms with Crippen molar-refractivity contribution in [1.82, 2.24) is 15.0 Å². The zero-order valence-electron chi connectivity index (χ0n) is 29.5. The van der Waals surface area contributed by atoms with Crippen LogP contribution in [-0.4, -0.2) is 51.9 Å². The number of hydrogen-bond donors (Lipinski definition) is 1. The molecule has 0 bridgehead atoms. The number of hydrogen-bond acceptors (Lipinski definition) is 9. The molecule has 276 valence electrons. The molecule has 0 amide bonds. The van der Waals surface area contributed by atoms with Crippen LogP contribution in [0.2, 0.25) is 0 Å². The van der Waals surface area contributed by atoms with Crippen molar-refractivity contribution >= 4 is 33.7 Å². The quantitative estimate of drug-likeness (QED) is 0.109. The number of nitrogens with zero attached hydrogens (tertiary/aromatic N) is 3. The van der Waals surface area contributed by atoms with Gasteiger partial charge in [0.05, 0.1) is 29.4 Å². The Morgan fingerprint density at radius 1 is 0.564 bits per heavy atom. The molecule has 7 rings (SSSR count). The normalized spacial score (nSPS) is 13.9. The number of halogens is 3. The molecule has 12 heteroatoms. The number of benzene rings is 4. The second kappa shape index (κ2) is 14.7. The summed E-state index contributed by atoms with van der Waals surface area (Å²) in [6, 6.07) is 37.4. The molecule has 3 aromatic heterocycles. The highest BCUT2D eigenvalue weighted by molar-refractivity contribution is 5.93. The van der Waals surface area contributed by atoms with Crippen molar-refractivity contribution < 1.29 is 42.1 Å². The average molecular weight is 744 g/mol. The third-order valence-corrected chi connectivity index (χ3v) is 9.50. The number of aliphatic hydroxyl groups excluding tert-OH is 1. The molecule has 0 aliphatic carbocycles. The average Bonchev–Trinajstić information content (AvgIpc) is 3.21. The number of carbonyl (C=O) groups excluding carboxylic acids is 2. The lowest BCUT2D eigenvalue weighted by molar-refractivity contribution is -0.211. The molecule has 0 fully saturated rings. The highest BCUT2D eigenvalue weighted by Crippen LogP contribution is 2.43. The minimum absolute atomic E-state index is 0.108. The first kappa shape index (κ1) is 36.8. The molecule has 0 saturated carbocycles. The largest absolute Gasteiger partial charge is 0.423 e. The number of rotatable bonds is 10. The Hall–Kier alpha value is -6.50. The molecule has 4 aromatic carbocycles. The van der Waals surface area contributed by atoms with Gasteiger partial charge in [-0.25, -0.2) is 19.7 Å². The first-order valence-electron chi connectivity index (χ1n) is 17.0. The lowest BCUT2D eigenvalue weighted by Crippen LogP contribution is -2.54. The Bertz CT molecular complexity index is 2530. The molecule has 0 aliphatic rings. The van der Waals surface area contributed by atoms with Gasteiger partial charge in [-0.1, -0.05) is 103 Å². The van der Waals surface area contributed by atoms with Gasteiger partial charge in [0.15, 0.2) is 17.1 Å². The summed E-state index contributed by atoms with van der Waals surface area (Å²) in [6.07, 6.45) is -5.18. The van der Waals surface area contributed by atoms with Gasteiger partial charge in [-0.2, -0.15) is 13.2 Å². The summed E-state index contributed by atoms with van der Waals surface area (Å²) in [6.45, 7) is 0.0693. The number of carbonyl (C=O) groups is 2. The fourth-order valence-electron chi connectivity index (χ4n) is 6.23. The van der Waals surface area contributed by atoms with Crippen LogP contribution in [0.15, 0.2) is 140 Å². The smallest absolute Gasteiger partial charge is 0.411 e. The highest BCUT2D eigenvalue weighted by atomic mass is 19.4. The maximum Gasteiger partial charge on any atom is 0.411 e. The van der Waals surface area contributed by atoms with Crippen LogP contribution in [0.25, 0.3) is 44.6 Å². The van der Waals surface area contributed by atoms with Gasteiger partial charge in [0.2, 0.25) is 5.41 Å². The van der Waals surface area contributed by atoms with E-state index in [9.17, 15) is 27.9 Å². The van der Waals surface area contributed by atoms with E-state index < -0.39 is 41.3 Å². The lowest BCUT2D eigenvalue weighted by atomic mass is 9.80. The van der Waals surface area contributed by atoms with E-state index in [0.29, 0.717) is 44.6 Å². The van der Waals surface area contributed by atoms with Gasteiger partial charge in [0.1, 0.15) is 11.0 Å². The van der Waals surface area contributed by atoms with Crippen molar-refractivity contribution in [3.63, 3.8) is 0 Å². The second-order valence-electron chi connectivity index (χ2n) is 12.8. The second-order valence-corrected chi connectivity index (χ2v) is 12.8. The predicted octanol–water partition coefficient (Wildman–Crippen LogP) is 8.38. The van der Waals surface area contributed by atoms with E-state index in [0.717, 1.165) is 12.1 Å². The Balaban J connectivity index is 1.22. The predicted molar refractivity (Wildman–Crippen MR) is 199 cm³/mol. The molecular formula is C43H32F3N3O6. The maximum atomic E-state index is 14.6. The minimum Gasteiger partial charge on any atom is -0.423 e. The van der Waals surface area contributed by atoms with Crippen LogP contribution in [0.3, 0.4) is 0 Å². The zero-order chi connectivity index (χ0) is 38.8. The number of aliphatic hydroxyl groups is 1. The molecular weight excluding hydrogens is 711 g/mol. The monoisotopic (exact) mass is 743 g/mol. The molecule has 7 aromatic rings. The van der Waals surface area contributed by atoms with Crippen molar-refractivity contribution in [3.05, 3.63) is 151 Å². The van der Waals surface area contributed by atoms with Crippen molar-refractivity contribution in [3.8, 4) is 34.3 Å². The van der Waals surface area contributed by atoms with Gasteiger partial charge in [-0.05, 0) is 54.4 Å². The van der Waals surface area contributed by atoms with Gasteiger partial charge in [0.25, 0.3) is 0 Å². The van der Waals surface area contributed by atoms with Gasteiger partial charge in [0, 0.05) is 17.9 Å². The molecule has 0 radical (unpaired) electrons. The topological polar surface area (TPSA) is 121 Å². The number of aromatic nitrogens is 3. The fourth-order valence-corrected chi connectivity index (χ4v) is 6.23. The molecule has 0 spiro atoms. The molecule has 1 N–H and O–H groups in total. The van der Waals surface area contributed by atoms with E-state index in [4.69, 9.17) is 24.2 Å². The molecule has 0 aliphatic heterocycles. The summed E-state index contributed by atoms with van der Waals surface area (Å²) in [4.78, 5) is 41.2. The van der Waals surface area contributed by atoms with Crippen molar-refractivity contribution in [1.29, 1.82) is 0 Å². The Morgan fingerprint density at radius 2 is 1.02 bits per heavy atom. The summed E-state index contributed by atoms with van der Waals surface area (Å²) < 4.78 is 60.7. The van der Waals surface area contributed by atoms with E-state index >= 15 is 0 Å². The van der Waals surface area contributed by atoms with E-state index in [1.165, 1.54) is 37.4 Å². The molecule has 2 atom stereocenters. The van der Waals surface area contributed by atoms with Gasteiger partial charge < -0.3 is 19.3 Å². The lowest BCUT2D eigenvalue weighted by Gasteiger charge is -2.32. The van der Waals surface area contributed by atoms with Gasteiger partial charge in [-0.15, -0.1) is 0 Å². The number of pyridine rings is 3. The molecule has 55 heavy (non-hydrogen) atoms. The van der Waals surface area contributed by atoms with Crippen LogP contribution in [0.4, 0.5) is 13.2 Å². The number of fused-ring (bicyclic) bond motifs is 2. The molecule has 0 unspecified atom stereocenters. The third-order valence-electron chi connectivity index (χ3n) is 9.50. The van der Waals surface area contributed by atoms with E-state index in [2.05, 4.69) is 4.98 Å². The van der Waals surface area contributed by atoms with E-state index in [1.54, 1.807) is 85.8 Å². The number of methoxy groups -OCH3 is 1. The number of alkyl halides is 3. The van der Waals surface area contributed by atoms with Crippen LogP contribution < -0.4 is 9.47 Å². The van der Waals surface area contributed by atoms with E-state index in [-0.39, 0.29) is 17.0 Å². The van der Waals surface area contributed by atoms with Crippen LogP contribution in [0, 0.1) is 0 Å². The summed E-state index contributed by atoms with van der Waals surface area (Å²) in [5.41, 5.74) is -2.40. The standard InChI is InChI=1S/C43H32F3N3O6/c1-41(53-2,29-14-5-3-6-15-29)39(51)54-35-20-9-12-27-22-24-33(48-37(27)35)31-18-11-19-32(47-31)34-25-23-28-13-10-21-36(38(28)49-34)55-40(52)42(26-50,43(44,45)46)30-16-7-4-8-17-30/h3-25,50H,26H2,1-2H3/t41-,42+/m1/s1. The first-order chi connectivity index (χ1) is 26.5. The number of ether oxygens (including phenoxy) is 3. The summed E-state index contributed by atoms with van der Waals surface area (Å²) >= 11 is 0. The maximum absolute atomic E-state index is 14.6. The highest BCUT2D eigenvalue weighted by Gasteiger charge is 2.62. The SMILES string of the molecule is CO[C@@](C)(C(=O)Oc1cccc2ccc(-c3cccc(-c4ccc5cccc(OC(=O)[C@](CO)(c6ccccc6)C(F)(F)F)c5n4)n3)nc12)c1ccccc1. The third kappa shape index (κ3) is 6.77. The fraction of sp³-hybridized carbons (Fsp3) is 0.140. The number of para-hydroxylation sites is 2. The Kier molecular flexibility index (Phi) is 9.87. The van der Waals surface area contributed by atoms with Crippen LogP contribution >= 0.6 is 0 Å². The van der Waals surface area contributed by atoms with Crippen molar-refractivity contribution in [2.24, 2.45) is 0 Å².